The largest absolute Gasteiger partial charge is 0.480 e. The van der Waals surface area contributed by atoms with E-state index in [9.17, 15) is 29.4 Å². The molecule has 202 valence electrons. The third-order valence-corrected chi connectivity index (χ3v) is 5.52. The van der Waals surface area contributed by atoms with E-state index < -0.39 is 54.5 Å². The van der Waals surface area contributed by atoms with E-state index in [1.54, 1.807) is 6.92 Å². The highest BCUT2D eigenvalue weighted by atomic mass is 16.4. The van der Waals surface area contributed by atoms with Crippen LogP contribution < -0.4 is 38.9 Å². The molecule has 5 unspecified atom stereocenters. The van der Waals surface area contributed by atoms with Crippen molar-refractivity contribution in [2.45, 2.75) is 76.5 Å². The molecule has 0 aliphatic heterocycles. The molecule has 0 saturated carbocycles. The van der Waals surface area contributed by atoms with Crippen LogP contribution in [0.2, 0.25) is 0 Å². The zero-order chi connectivity index (χ0) is 27.0. The topological polar surface area (TPSA) is 261 Å². The van der Waals surface area contributed by atoms with Gasteiger partial charge in [0.05, 0.1) is 12.6 Å². The average molecular weight is 503 g/mol. The van der Waals surface area contributed by atoms with Crippen molar-refractivity contribution in [3.05, 3.63) is 0 Å². The average Bonchev–Trinajstić information content (AvgIpc) is 2.81. The predicted molar refractivity (Wildman–Crippen MR) is 131 cm³/mol. The second kappa shape index (κ2) is 17.5. The van der Waals surface area contributed by atoms with Gasteiger partial charge in [-0.25, -0.2) is 4.79 Å². The number of nitrogens with zero attached hydrogens (tertiary/aromatic N) is 1. The van der Waals surface area contributed by atoms with Crippen LogP contribution >= 0.6 is 0 Å². The van der Waals surface area contributed by atoms with E-state index in [4.69, 9.17) is 22.9 Å². The number of carbonyl (C=O) groups excluding carboxylic acids is 3. The van der Waals surface area contributed by atoms with Crippen molar-refractivity contribution >= 4 is 29.7 Å². The van der Waals surface area contributed by atoms with Gasteiger partial charge >= 0.3 is 5.97 Å². The molecule has 35 heavy (non-hydrogen) atoms. The van der Waals surface area contributed by atoms with E-state index in [-0.39, 0.29) is 37.7 Å². The first-order valence-corrected chi connectivity index (χ1v) is 11.7. The fourth-order valence-corrected chi connectivity index (χ4v) is 3.04. The fourth-order valence-electron chi connectivity index (χ4n) is 3.04. The van der Waals surface area contributed by atoms with Crippen LogP contribution in [-0.4, -0.2) is 83.7 Å². The van der Waals surface area contributed by atoms with E-state index in [2.05, 4.69) is 20.9 Å². The highest BCUT2D eigenvalue weighted by Crippen LogP contribution is 2.07. The molecule has 5 atom stereocenters. The lowest BCUT2D eigenvalue weighted by atomic mass is 9.99. The monoisotopic (exact) mass is 502 g/mol. The predicted octanol–water partition coefficient (Wildman–Crippen LogP) is -2.93. The highest BCUT2D eigenvalue weighted by molar-refractivity contribution is 5.94. The quantitative estimate of drug-likeness (QED) is 0.0523. The minimum absolute atomic E-state index is 0.0714. The minimum Gasteiger partial charge on any atom is -0.480 e. The van der Waals surface area contributed by atoms with Crippen LogP contribution in [0, 0.1) is 5.92 Å². The zero-order valence-electron chi connectivity index (χ0n) is 20.5. The number of guanidine groups is 1. The molecule has 0 saturated heterocycles. The summed E-state index contributed by atoms with van der Waals surface area (Å²) in [5.74, 6) is -3.69. The Hall–Kier alpha value is -2.97. The summed E-state index contributed by atoms with van der Waals surface area (Å²) in [6.07, 6.45) is 2.24. The van der Waals surface area contributed by atoms with Crippen LogP contribution in [0.3, 0.4) is 0 Å². The Morgan fingerprint density at radius 3 is 1.94 bits per heavy atom. The number of aliphatic hydroxyl groups excluding tert-OH is 1. The molecular formula is C21H42N8O6. The molecule has 13 N–H and O–H groups in total. The van der Waals surface area contributed by atoms with Gasteiger partial charge in [0, 0.05) is 6.54 Å². The van der Waals surface area contributed by atoms with Crippen LogP contribution in [0.5, 0.6) is 0 Å². The molecule has 3 amide bonds. The van der Waals surface area contributed by atoms with Crippen LogP contribution in [0.15, 0.2) is 4.99 Å². The van der Waals surface area contributed by atoms with Crippen molar-refractivity contribution in [1.82, 2.24) is 16.0 Å². The van der Waals surface area contributed by atoms with Gasteiger partial charge in [-0.3, -0.25) is 19.4 Å². The lowest BCUT2D eigenvalue weighted by Crippen LogP contribution is -2.58. The first-order valence-electron chi connectivity index (χ1n) is 11.7. The summed E-state index contributed by atoms with van der Waals surface area (Å²) in [6, 6.07) is -4.58. The molecule has 0 aliphatic rings. The van der Waals surface area contributed by atoms with Crippen molar-refractivity contribution < 1.29 is 29.4 Å². The van der Waals surface area contributed by atoms with Gasteiger partial charge in [0.25, 0.3) is 0 Å². The van der Waals surface area contributed by atoms with E-state index in [0.717, 1.165) is 0 Å². The third-order valence-electron chi connectivity index (χ3n) is 5.52. The van der Waals surface area contributed by atoms with Gasteiger partial charge in [-0.15, -0.1) is 0 Å². The molecule has 14 heteroatoms. The Labute approximate surface area is 205 Å². The van der Waals surface area contributed by atoms with Crippen LogP contribution in [0.4, 0.5) is 0 Å². The number of aliphatic hydroxyl groups is 1. The Kier molecular flexibility index (Phi) is 16.0. The zero-order valence-corrected chi connectivity index (χ0v) is 20.5. The van der Waals surface area contributed by atoms with Gasteiger partial charge in [0.1, 0.15) is 18.1 Å². The molecule has 14 nitrogen and oxygen atoms in total. The van der Waals surface area contributed by atoms with Crippen molar-refractivity contribution in [1.29, 1.82) is 0 Å². The number of nitrogens with two attached hydrogens (primary N) is 4. The van der Waals surface area contributed by atoms with Crippen LogP contribution in [0.25, 0.3) is 0 Å². The molecule has 0 spiro atoms. The Balaban J connectivity index is 5.41. The lowest BCUT2D eigenvalue weighted by molar-refractivity contribution is -0.142. The summed E-state index contributed by atoms with van der Waals surface area (Å²) < 4.78 is 0. The summed E-state index contributed by atoms with van der Waals surface area (Å²) in [6.45, 7) is 3.47. The van der Waals surface area contributed by atoms with Gasteiger partial charge in [-0.05, 0) is 44.6 Å². The maximum absolute atomic E-state index is 12.9. The number of aliphatic imine (C=N–C) groups is 1. The molecule has 0 bridgehead atoms. The number of aliphatic carboxylic acids is 1. The van der Waals surface area contributed by atoms with Gasteiger partial charge in [0.15, 0.2) is 5.96 Å². The summed E-state index contributed by atoms with van der Waals surface area (Å²) in [4.78, 5) is 53.3. The Morgan fingerprint density at radius 1 is 0.886 bits per heavy atom. The Bertz CT molecular complexity index is 716. The number of nitrogens with one attached hydrogen (secondary N) is 3. The molecule has 0 heterocycles. The van der Waals surface area contributed by atoms with Crippen molar-refractivity contribution in [3.8, 4) is 0 Å². The smallest absolute Gasteiger partial charge is 0.326 e. The summed E-state index contributed by atoms with van der Waals surface area (Å²) >= 11 is 0. The fraction of sp³-hybridized carbons (Fsp3) is 0.762. The van der Waals surface area contributed by atoms with E-state index >= 15 is 0 Å². The number of hydrogen-bond donors (Lipinski definition) is 9. The summed E-state index contributed by atoms with van der Waals surface area (Å²) in [5, 5.41) is 26.3. The van der Waals surface area contributed by atoms with Crippen LogP contribution in [-0.2, 0) is 19.2 Å². The lowest BCUT2D eigenvalue weighted by Gasteiger charge is -2.25. The molecule has 0 aromatic rings. The summed E-state index contributed by atoms with van der Waals surface area (Å²) in [5.41, 5.74) is 21.9. The number of rotatable bonds is 18. The minimum atomic E-state index is -1.36. The molecule has 0 rings (SSSR count). The molecular weight excluding hydrogens is 460 g/mol. The second-order valence-corrected chi connectivity index (χ2v) is 8.35. The van der Waals surface area contributed by atoms with E-state index in [0.29, 0.717) is 25.8 Å². The van der Waals surface area contributed by atoms with E-state index in [1.165, 1.54) is 0 Å². The molecule has 0 aromatic heterocycles. The van der Waals surface area contributed by atoms with Crippen molar-refractivity contribution in [2.75, 3.05) is 19.7 Å². The maximum atomic E-state index is 12.9. The first-order chi connectivity index (χ1) is 16.5. The molecule has 0 fully saturated rings. The van der Waals surface area contributed by atoms with Gasteiger partial charge in [-0.1, -0.05) is 20.3 Å². The van der Waals surface area contributed by atoms with Crippen LogP contribution in [0.1, 0.15) is 52.4 Å². The number of amides is 3. The number of unbranched alkanes of at least 4 members (excludes halogenated alkanes) is 1. The van der Waals surface area contributed by atoms with E-state index in [1.807, 2.05) is 6.92 Å². The third kappa shape index (κ3) is 12.9. The molecule has 0 aliphatic carbocycles. The standard InChI is InChI=1S/C21H42N8O6/c1-3-12(2)16(23)19(33)29-15(11-30)18(32)27-13(8-6-10-26-21(24)25)17(31)28-14(20(34)35)7-4-5-9-22/h12-16,30H,3-11,22-23H2,1-2H3,(H,27,32)(H,28,31)(H,29,33)(H,34,35)(H4,24,25,26). The summed E-state index contributed by atoms with van der Waals surface area (Å²) in [7, 11) is 0. The number of carbonyl (C=O) groups is 4. The first kappa shape index (κ1) is 32.0. The normalized spacial score (nSPS) is 15.1. The van der Waals surface area contributed by atoms with Gasteiger partial charge < -0.3 is 49.1 Å². The molecule has 0 radical (unpaired) electrons. The maximum Gasteiger partial charge on any atom is 0.326 e. The van der Waals surface area contributed by atoms with Gasteiger partial charge in [0.2, 0.25) is 17.7 Å². The molecule has 0 aromatic carbocycles. The number of carboxylic acid groups (broad SMARTS) is 1. The Morgan fingerprint density at radius 2 is 1.43 bits per heavy atom. The van der Waals surface area contributed by atoms with Crippen molar-refractivity contribution in [3.63, 3.8) is 0 Å². The highest BCUT2D eigenvalue weighted by Gasteiger charge is 2.30. The second-order valence-electron chi connectivity index (χ2n) is 8.35. The van der Waals surface area contributed by atoms with Gasteiger partial charge in [-0.2, -0.15) is 0 Å². The number of carboxylic acids is 1. The number of hydrogen-bond acceptors (Lipinski definition) is 8. The SMILES string of the molecule is CCC(C)C(N)C(=O)NC(CO)C(=O)NC(CCCN=C(N)N)C(=O)NC(CCCCN)C(=O)O. The van der Waals surface area contributed by atoms with Crippen molar-refractivity contribution in [2.24, 2.45) is 33.8 Å².